The van der Waals surface area contributed by atoms with Gasteiger partial charge in [-0.25, -0.2) is 0 Å². The molecule has 2 rings (SSSR count). The molecule has 0 saturated carbocycles. The molecule has 1 aromatic carbocycles. The highest BCUT2D eigenvalue weighted by Gasteiger charge is 2.09. The van der Waals surface area contributed by atoms with E-state index >= 15 is 0 Å². The van der Waals surface area contributed by atoms with Gasteiger partial charge in [0.05, 0.1) is 13.2 Å². The van der Waals surface area contributed by atoms with E-state index in [1.807, 2.05) is 18.2 Å². The lowest BCUT2D eigenvalue weighted by Gasteiger charge is -2.06. The highest BCUT2D eigenvalue weighted by atomic mass is 127. The molecule has 1 heterocycles. The van der Waals surface area contributed by atoms with Gasteiger partial charge in [-0.15, -0.1) is 0 Å². The minimum Gasteiger partial charge on any atom is -0.490 e. The third-order valence-corrected chi connectivity index (χ3v) is 2.38. The fraction of sp³-hybridized carbons (Fsp3) is 0.333. The monoisotopic (exact) mass is 276 g/mol. The molecule has 0 fully saturated rings. The lowest BCUT2D eigenvalue weighted by Crippen LogP contribution is -1.97. The zero-order valence-electron chi connectivity index (χ0n) is 6.55. The lowest BCUT2D eigenvalue weighted by molar-refractivity contribution is 0.297. The van der Waals surface area contributed by atoms with Crippen molar-refractivity contribution in [3.8, 4) is 11.5 Å². The summed E-state index contributed by atoms with van der Waals surface area (Å²) in [5.74, 6) is 1.74. The topological polar surface area (TPSA) is 18.5 Å². The van der Waals surface area contributed by atoms with Gasteiger partial charge in [-0.05, 0) is 40.8 Å². The predicted octanol–water partition coefficient (Wildman–Crippen LogP) is 2.45. The second-order valence-electron chi connectivity index (χ2n) is 2.64. The Balaban J connectivity index is 2.36. The molecular weight excluding hydrogens is 267 g/mol. The van der Waals surface area contributed by atoms with Crippen LogP contribution in [0.4, 0.5) is 0 Å². The Labute approximate surface area is 85.0 Å². The van der Waals surface area contributed by atoms with Crippen molar-refractivity contribution in [2.24, 2.45) is 0 Å². The van der Waals surface area contributed by atoms with Gasteiger partial charge < -0.3 is 9.47 Å². The molecule has 1 aromatic rings. The van der Waals surface area contributed by atoms with Crippen molar-refractivity contribution in [2.75, 3.05) is 13.2 Å². The van der Waals surface area contributed by atoms with E-state index in [1.54, 1.807) is 0 Å². The van der Waals surface area contributed by atoms with Crippen molar-refractivity contribution < 1.29 is 9.47 Å². The van der Waals surface area contributed by atoms with Crippen LogP contribution in [-0.4, -0.2) is 13.2 Å². The Kier molecular flexibility index (Phi) is 2.39. The van der Waals surface area contributed by atoms with Crippen molar-refractivity contribution >= 4 is 22.6 Å². The minimum absolute atomic E-state index is 0.757. The summed E-state index contributed by atoms with van der Waals surface area (Å²) in [6, 6.07) is 5.98. The largest absolute Gasteiger partial charge is 0.490 e. The number of benzene rings is 1. The zero-order valence-corrected chi connectivity index (χ0v) is 8.71. The molecule has 2 nitrogen and oxygen atoms in total. The van der Waals surface area contributed by atoms with Crippen molar-refractivity contribution in [3.63, 3.8) is 0 Å². The molecular formula is C9H9IO2. The van der Waals surface area contributed by atoms with E-state index in [4.69, 9.17) is 9.47 Å². The number of hydrogen-bond donors (Lipinski definition) is 0. The van der Waals surface area contributed by atoms with Crippen LogP contribution in [0.5, 0.6) is 11.5 Å². The lowest BCUT2D eigenvalue weighted by atomic mass is 10.3. The Morgan fingerprint density at radius 1 is 1.08 bits per heavy atom. The molecule has 0 radical (unpaired) electrons. The quantitative estimate of drug-likeness (QED) is 0.678. The van der Waals surface area contributed by atoms with Gasteiger partial charge in [-0.3, -0.25) is 0 Å². The third kappa shape index (κ3) is 1.65. The maximum Gasteiger partial charge on any atom is 0.162 e. The van der Waals surface area contributed by atoms with Gasteiger partial charge in [-0.2, -0.15) is 0 Å². The van der Waals surface area contributed by atoms with Crippen molar-refractivity contribution in [1.82, 2.24) is 0 Å². The van der Waals surface area contributed by atoms with Gasteiger partial charge in [0.2, 0.25) is 0 Å². The Morgan fingerprint density at radius 3 is 2.67 bits per heavy atom. The van der Waals surface area contributed by atoms with Crippen LogP contribution in [0, 0.1) is 3.57 Å². The summed E-state index contributed by atoms with van der Waals surface area (Å²) in [5.41, 5.74) is 0. The molecule has 1 aliphatic rings. The van der Waals surface area contributed by atoms with E-state index in [0.717, 1.165) is 31.1 Å². The summed E-state index contributed by atoms with van der Waals surface area (Å²) in [4.78, 5) is 0. The van der Waals surface area contributed by atoms with E-state index in [-0.39, 0.29) is 0 Å². The summed E-state index contributed by atoms with van der Waals surface area (Å²) < 4.78 is 12.2. The van der Waals surface area contributed by atoms with Crippen LogP contribution in [-0.2, 0) is 0 Å². The molecule has 12 heavy (non-hydrogen) atoms. The van der Waals surface area contributed by atoms with Crippen LogP contribution >= 0.6 is 22.6 Å². The number of ether oxygens (including phenoxy) is 2. The molecule has 0 spiro atoms. The van der Waals surface area contributed by atoms with E-state index in [2.05, 4.69) is 22.6 Å². The minimum atomic E-state index is 0.757. The molecule has 0 bridgehead atoms. The number of halogens is 1. The van der Waals surface area contributed by atoms with Gasteiger partial charge in [0.25, 0.3) is 0 Å². The first kappa shape index (κ1) is 8.16. The van der Waals surface area contributed by atoms with Crippen LogP contribution in [0.15, 0.2) is 18.2 Å². The number of rotatable bonds is 0. The van der Waals surface area contributed by atoms with E-state index in [1.165, 1.54) is 3.57 Å². The summed E-state index contributed by atoms with van der Waals surface area (Å²) in [5, 5.41) is 0. The van der Waals surface area contributed by atoms with Crippen LogP contribution < -0.4 is 9.47 Å². The molecule has 0 aliphatic carbocycles. The molecule has 3 heteroatoms. The molecule has 0 amide bonds. The fourth-order valence-electron chi connectivity index (χ4n) is 1.14. The van der Waals surface area contributed by atoms with E-state index in [9.17, 15) is 0 Å². The second-order valence-corrected chi connectivity index (χ2v) is 3.89. The van der Waals surface area contributed by atoms with Crippen LogP contribution in [0.25, 0.3) is 0 Å². The Bertz CT molecular complexity index is 286. The van der Waals surface area contributed by atoms with Gasteiger partial charge in [-0.1, -0.05) is 0 Å². The highest BCUT2D eigenvalue weighted by molar-refractivity contribution is 14.1. The standard InChI is InChI=1S/C9H9IO2/c10-7-2-3-8-9(6-7)12-5-1-4-11-8/h2-3,6H,1,4-5H2. The summed E-state index contributed by atoms with van der Waals surface area (Å²) in [6.45, 7) is 1.51. The second kappa shape index (κ2) is 3.51. The average Bonchev–Trinajstić information content (AvgIpc) is 2.28. The molecule has 0 unspecified atom stereocenters. The molecule has 0 N–H and O–H groups in total. The first-order valence-electron chi connectivity index (χ1n) is 3.91. The van der Waals surface area contributed by atoms with E-state index in [0.29, 0.717) is 0 Å². The fourth-order valence-corrected chi connectivity index (χ4v) is 1.60. The Hall–Kier alpha value is -0.450. The van der Waals surface area contributed by atoms with Gasteiger partial charge in [0, 0.05) is 9.99 Å². The van der Waals surface area contributed by atoms with Gasteiger partial charge in [0.1, 0.15) is 0 Å². The average molecular weight is 276 g/mol. The normalized spacial score (nSPS) is 15.4. The number of hydrogen-bond acceptors (Lipinski definition) is 2. The van der Waals surface area contributed by atoms with Crippen LogP contribution in [0.1, 0.15) is 6.42 Å². The predicted molar refractivity (Wildman–Crippen MR) is 54.8 cm³/mol. The summed E-state index contributed by atoms with van der Waals surface area (Å²) in [6.07, 6.45) is 0.964. The van der Waals surface area contributed by atoms with Crippen LogP contribution in [0.3, 0.4) is 0 Å². The van der Waals surface area contributed by atoms with Crippen molar-refractivity contribution in [3.05, 3.63) is 21.8 Å². The first-order valence-corrected chi connectivity index (χ1v) is 4.99. The van der Waals surface area contributed by atoms with E-state index < -0.39 is 0 Å². The molecule has 64 valence electrons. The molecule has 0 saturated heterocycles. The zero-order chi connectivity index (χ0) is 8.39. The molecule has 1 aliphatic heterocycles. The molecule has 0 atom stereocenters. The smallest absolute Gasteiger partial charge is 0.162 e. The SMILES string of the molecule is Ic1ccc2c(c1)OCCCO2. The number of fused-ring (bicyclic) bond motifs is 1. The third-order valence-electron chi connectivity index (χ3n) is 1.71. The van der Waals surface area contributed by atoms with Crippen molar-refractivity contribution in [1.29, 1.82) is 0 Å². The van der Waals surface area contributed by atoms with Gasteiger partial charge in [0.15, 0.2) is 11.5 Å². The maximum absolute atomic E-state index is 5.50. The Morgan fingerprint density at radius 2 is 1.83 bits per heavy atom. The van der Waals surface area contributed by atoms with Crippen molar-refractivity contribution in [2.45, 2.75) is 6.42 Å². The first-order chi connectivity index (χ1) is 5.86. The van der Waals surface area contributed by atoms with Gasteiger partial charge >= 0.3 is 0 Å². The molecule has 0 aromatic heterocycles. The summed E-state index contributed by atoms with van der Waals surface area (Å²) >= 11 is 2.26. The summed E-state index contributed by atoms with van der Waals surface area (Å²) in [7, 11) is 0. The maximum atomic E-state index is 5.50. The van der Waals surface area contributed by atoms with Crippen LogP contribution in [0.2, 0.25) is 0 Å². The highest BCUT2D eigenvalue weighted by Crippen LogP contribution is 2.30.